The molecule has 7 unspecified atom stereocenters. The summed E-state index contributed by atoms with van der Waals surface area (Å²) in [5.41, 5.74) is -0.779. The normalized spacial score (nSPS) is 31.0. The summed E-state index contributed by atoms with van der Waals surface area (Å²) >= 11 is 0. The van der Waals surface area contributed by atoms with Crippen LogP contribution in [0.25, 0.3) is 0 Å². The van der Waals surface area contributed by atoms with Crippen molar-refractivity contribution in [2.24, 2.45) is 17.8 Å². The van der Waals surface area contributed by atoms with Crippen molar-refractivity contribution in [3.63, 3.8) is 0 Å². The van der Waals surface area contributed by atoms with E-state index in [1.165, 1.54) is 0 Å². The molecular weight excluding hydrogens is 566 g/mol. The third kappa shape index (κ3) is 5.81. The van der Waals surface area contributed by atoms with E-state index in [9.17, 15) is 36.4 Å². The van der Waals surface area contributed by atoms with Gasteiger partial charge < -0.3 is 28.4 Å². The third-order valence-corrected chi connectivity index (χ3v) is 8.98. The molecule has 13 nitrogen and oxygen atoms in total. The Hall–Kier alpha value is -2.43. The van der Waals surface area contributed by atoms with Crippen molar-refractivity contribution >= 4 is 34.0 Å². The molecule has 4 rings (SSSR count). The fourth-order valence-corrected chi connectivity index (χ4v) is 6.33. The maximum atomic E-state index is 13.5. The first-order chi connectivity index (χ1) is 18.5. The monoisotopic (exact) mass is 598 g/mol. The molecule has 7 atom stereocenters. The fraction of sp³-hybridized carbons (Fsp3) is 0.833. The molecule has 3 saturated heterocycles. The Morgan fingerprint density at radius 1 is 1.05 bits per heavy atom. The zero-order valence-corrected chi connectivity index (χ0v) is 22.9. The van der Waals surface area contributed by atoms with E-state index in [1.807, 2.05) is 13.8 Å². The van der Waals surface area contributed by atoms with E-state index >= 15 is 0 Å². The second kappa shape index (κ2) is 11.1. The van der Waals surface area contributed by atoms with Crippen LogP contribution < -0.4 is 0 Å². The van der Waals surface area contributed by atoms with E-state index in [1.54, 1.807) is 0 Å². The zero-order chi connectivity index (χ0) is 29.6. The number of hydrogen-bond acceptors (Lipinski definition) is 12. The Morgan fingerprint density at radius 3 is 2.30 bits per heavy atom. The third-order valence-electron chi connectivity index (χ3n) is 7.96. The number of esters is 4. The van der Waals surface area contributed by atoms with Crippen LogP contribution in [0.5, 0.6) is 0 Å². The predicted octanol–water partition coefficient (Wildman–Crippen LogP) is 1.17. The molecule has 0 radical (unpaired) electrons. The standard InChI is InChI=1S/C24H32F2O13S/c1-11(24(25,26)40(31,32)33)35-13(27)9-34-10-14(28)36-19-18-16(15-17(37-18)20(19)38-21(15)29)22(30)39-23(2,3)12-7-5-4-6-8-12/h11-12,15-20H,4-10H2,1-3H3,(H,31,32,33). The van der Waals surface area contributed by atoms with Crippen molar-refractivity contribution in [3.05, 3.63) is 0 Å². The molecule has 1 N–H and O–H groups in total. The highest BCUT2D eigenvalue weighted by atomic mass is 32.2. The van der Waals surface area contributed by atoms with E-state index in [0.29, 0.717) is 6.92 Å². The molecule has 226 valence electrons. The SMILES string of the molecule is CC(OC(=O)COCC(=O)OC1C2OC(=O)C3C2OC1C3C(=O)OC(C)(C)C1CCCCC1)C(F)(F)S(=O)(=O)O. The van der Waals surface area contributed by atoms with Gasteiger partial charge in [-0.1, -0.05) is 19.3 Å². The molecule has 0 aromatic heterocycles. The number of ether oxygens (including phenoxy) is 6. The molecule has 3 heterocycles. The lowest BCUT2D eigenvalue weighted by Gasteiger charge is -2.38. The number of hydrogen-bond donors (Lipinski definition) is 1. The second-order valence-electron chi connectivity index (χ2n) is 11.0. The lowest BCUT2D eigenvalue weighted by Crippen LogP contribution is -2.50. The van der Waals surface area contributed by atoms with Crippen LogP contribution in [0, 0.1) is 17.8 Å². The number of fused-ring (bicyclic) bond motifs is 1. The van der Waals surface area contributed by atoms with Crippen LogP contribution in [0.4, 0.5) is 8.78 Å². The summed E-state index contributed by atoms with van der Waals surface area (Å²) in [4.78, 5) is 49.9. The maximum Gasteiger partial charge on any atom is 0.405 e. The summed E-state index contributed by atoms with van der Waals surface area (Å²) in [5.74, 6) is -5.59. The molecule has 0 aromatic rings. The van der Waals surface area contributed by atoms with Gasteiger partial charge in [0.05, 0.1) is 0 Å². The topological polar surface area (TPSA) is 178 Å². The highest BCUT2D eigenvalue weighted by Crippen LogP contribution is 2.52. The van der Waals surface area contributed by atoms with E-state index < -0.39 is 100 Å². The molecule has 0 spiro atoms. The molecule has 4 fully saturated rings. The summed E-state index contributed by atoms with van der Waals surface area (Å²) in [6.07, 6.45) is -1.45. The number of halogens is 2. The van der Waals surface area contributed by atoms with Gasteiger partial charge in [0.15, 0.2) is 18.3 Å². The van der Waals surface area contributed by atoms with Gasteiger partial charge in [-0.3, -0.25) is 14.1 Å². The van der Waals surface area contributed by atoms with E-state index in [4.69, 9.17) is 28.2 Å². The van der Waals surface area contributed by atoms with Crippen molar-refractivity contribution in [2.45, 2.75) is 94.3 Å². The number of carbonyl (C=O) groups excluding carboxylic acids is 4. The zero-order valence-electron chi connectivity index (χ0n) is 22.1. The van der Waals surface area contributed by atoms with Crippen LogP contribution in [0.1, 0.15) is 52.9 Å². The summed E-state index contributed by atoms with van der Waals surface area (Å²) in [6.45, 7) is 2.31. The molecule has 16 heteroatoms. The molecule has 0 amide bonds. The Bertz CT molecular complexity index is 1130. The van der Waals surface area contributed by atoms with Crippen LogP contribution in [0.15, 0.2) is 0 Å². The number of alkyl halides is 2. The van der Waals surface area contributed by atoms with Crippen LogP contribution in [0.2, 0.25) is 0 Å². The van der Waals surface area contributed by atoms with Gasteiger partial charge in [-0.15, -0.1) is 0 Å². The molecule has 2 bridgehead atoms. The van der Waals surface area contributed by atoms with Crippen molar-refractivity contribution < 1.29 is 69.4 Å². The van der Waals surface area contributed by atoms with Crippen molar-refractivity contribution in [3.8, 4) is 0 Å². The largest absolute Gasteiger partial charge is 0.459 e. The molecule has 3 aliphatic heterocycles. The molecule has 1 aliphatic carbocycles. The molecule has 4 aliphatic rings. The van der Waals surface area contributed by atoms with Crippen molar-refractivity contribution in [1.82, 2.24) is 0 Å². The van der Waals surface area contributed by atoms with Gasteiger partial charge in [0.1, 0.15) is 42.9 Å². The fourth-order valence-electron chi connectivity index (χ4n) is 5.86. The van der Waals surface area contributed by atoms with Crippen molar-refractivity contribution in [1.29, 1.82) is 0 Å². The quantitative estimate of drug-likeness (QED) is 0.204. The van der Waals surface area contributed by atoms with Crippen LogP contribution in [0.3, 0.4) is 0 Å². The van der Waals surface area contributed by atoms with Gasteiger partial charge in [0, 0.05) is 0 Å². The summed E-state index contributed by atoms with van der Waals surface area (Å²) in [6, 6.07) is 0. The summed E-state index contributed by atoms with van der Waals surface area (Å²) in [7, 11) is -5.84. The van der Waals surface area contributed by atoms with Gasteiger partial charge in [-0.25, -0.2) is 9.59 Å². The average Bonchev–Trinajstić information content (AvgIpc) is 3.47. The minimum Gasteiger partial charge on any atom is -0.459 e. The Morgan fingerprint density at radius 2 is 1.68 bits per heavy atom. The van der Waals surface area contributed by atoms with Gasteiger partial charge in [-0.2, -0.15) is 17.2 Å². The van der Waals surface area contributed by atoms with E-state index in [-0.39, 0.29) is 5.92 Å². The van der Waals surface area contributed by atoms with Gasteiger partial charge in [-0.05, 0) is 39.5 Å². The number of rotatable bonds is 11. The van der Waals surface area contributed by atoms with Gasteiger partial charge >= 0.3 is 39.2 Å². The lowest BCUT2D eigenvalue weighted by molar-refractivity contribution is -0.178. The van der Waals surface area contributed by atoms with Gasteiger partial charge in [0.25, 0.3) is 0 Å². The lowest BCUT2D eigenvalue weighted by atomic mass is 9.77. The highest BCUT2D eigenvalue weighted by molar-refractivity contribution is 7.86. The highest BCUT2D eigenvalue weighted by Gasteiger charge is 2.72. The molecule has 0 aromatic carbocycles. The Kier molecular flexibility index (Phi) is 8.47. The minimum atomic E-state index is -5.84. The summed E-state index contributed by atoms with van der Waals surface area (Å²) < 4.78 is 88.4. The first-order valence-electron chi connectivity index (χ1n) is 12.9. The maximum absolute atomic E-state index is 13.5. The van der Waals surface area contributed by atoms with Crippen LogP contribution >= 0.6 is 0 Å². The molecule has 40 heavy (non-hydrogen) atoms. The van der Waals surface area contributed by atoms with Gasteiger partial charge in [0.2, 0.25) is 0 Å². The number of carbonyl (C=O) groups is 4. The Balaban J connectivity index is 1.31. The first kappa shape index (κ1) is 30.5. The minimum absolute atomic E-state index is 0.160. The van der Waals surface area contributed by atoms with Crippen molar-refractivity contribution in [2.75, 3.05) is 13.2 Å². The molecule has 1 saturated carbocycles. The van der Waals surface area contributed by atoms with E-state index in [2.05, 4.69) is 4.74 Å². The van der Waals surface area contributed by atoms with E-state index in [0.717, 1.165) is 32.1 Å². The van der Waals surface area contributed by atoms with Crippen LogP contribution in [-0.2, 0) is 57.7 Å². The summed E-state index contributed by atoms with van der Waals surface area (Å²) in [5, 5.41) is -4.76. The Labute approximate surface area is 228 Å². The van der Waals surface area contributed by atoms with Crippen LogP contribution in [-0.4, -0.2) is 91.4 Å². The first-order valence-corrected chi connectivity index (χ1v) is 14.4. The predicted molar refractivity (Wildman–Crippen MR) is 125 cm³/mol. The second-order valence-corrected chi connectivity index (χ2v) is 12.5. The smallest absolute Gasteiger partial charge is 0.405 e. The molecular formula is C24H32F2O13S. The average molecular weight is 599 g/mol.